The topological polar surface area (TPSA) is 132 Å². The highest BCUT2D eigenvalue weighted by atomic mass is 16.6. The SMILES string of the molecule is CC(=O)Oc1c2c(c3ccccc3c1OC(=O)C(N)Cc1cncn1C(=O)OC(C)(C)C)OC(C)(C)CC2. The van der Waals surface area contributed by atoms with Crippen LogP contribution in [0.5, 0.6) is 17.2 Å². The van der Waals surface area contributed by atoms with Gasteiger partial charge in [0, 0.05) is 35.9 Å². The Labute approximate surface area is 221 Å². The number of benzene rings is 2. The van der Waals surface area contributed by atoms with Crippen molar-refractivity contribution >= 4 is 28.8 Å². The number of rotatable bonds is 5. The second kappa shape index (κ2) is 10.1. The Morgan fingerprint density at radius 3 is 2.47 bits per heavy atom. The van der Waals surface area contributed by atoms with Crippen LogP contribution in [0.4, 0.5) is 4.79 Å². The molecule has 3 aromatic rings. The van der Waals surface area contributed by atoms with Gasteiger partial charge in [-0.25, -0.2) is 19.1 Å². The molecule has 0 spiro atoms. The molecule has 1 atom stereocenters. The Hall–Kier alpha value is -3.92. The number of carbonyl (C=O) groups excluding carboxylic acids is 3. The third-order valence-corrected chi connectivity index (χ3v) is 6.01. The molecule has 1 unspecified atom stereocenters. The van der Waals surface area contributed by atoms with Crippen LogP contribution < -0.4 is 19.9 Å². The molecule has 4 rings (SSSR count). The summed E-state index contributed by atoms with van der Waals surface area (Å²) in [4.78, 5) is 41.8. The van der Waals surface area contributed by atoms with Crippen molar-refractivity contribution in [1.82, 2.24) is 9.55 Å². The number of fused-ring (bicyclic) bond motifs is 3. The number of hydrogen-bond donors (Lipinski definition) is 1. The summed E-state index contributed by atoms with van der Waals surface area (Å²) in [7, 11) is 0. The van der Waals surface area contributed by atoms with Crippen LogP contribution in [0.15, 0.2) is 36.8 Å². The van der Waals surface area contributed by atoms with Gasteiger partial charge in [0.2, 0.25) is 0 Å². The van der Waals surface area contributed by atoms with Gasteiger partial charge in [-0.1, -0.05) is 24.3 Å². The second-order valence-electron chi connectivity index (χ2n) is 10.9. The first-order valence-electron chi connectivity index (χ1n) is 12.4. The van der Waals surface area contributed by atoms with Crippen LogP contribution >= 0.6 is 0 Å². The summed E-state index contributed by atoms with van der Waals surface area (Å²) in [6.07, 6.45) is 3.30. The van der Waals surface area contributed by atoms with Gasteiger partial charge in [-0.15, -0.1) is 0 Å². The summed E-state index contributed by atoms with van der Waals surface area (Å²) in [6.45, 7) is 10.5. The summed E-state index contributed by atoms with van der Waals surface area (Å²) in [6, 6.07) is 6.12. The highest BCUT2D eigenvalue weighted by Crippen LogP contribution is 2.50. The van der Waals surface area contributed by atoms with Crippen molar-refractivity contribution in [1.29, 1.82) is 0 Å². The fourth-order valence-electron chi connectivity index (χ4n) is 4.29. The maximum absolute atomic E-state index is 13.2. The van der Waals surface area contributed by atoms with E-state index in [1.807, 2.05) is 26.0 Å². The average Bonchev–Trinajstić information content (AvgIpc) is 3.27. The number of hydrogen-bond acceptors (Lipinski definition) is 9. The summed E-state index contributed by atoms with van der Waals surface area (Å²) < 4.78 is 24.3. The molecule has 0 aliphatic carbocycles. The highest BCUT2D eigenvalue weighted by Gasteiger charge is 2.34. The molecule has 0 amide bonds. The van der Waals surface area contributed by atoms with Gasteiger partial charge in [0.1, 0.15) is 29.3 Å². The molecular weight excluding hydrogens is 490 g/mol. The van der Waals surface area contributed by atoms with E-state index >= 15 is 0 Å². The van der Waals surface area contributed by atoms with Gasteiger partial charge in [0.05, 0.1) is 5.69 Å². The summed E-state index contributed by atoms with van der Waals surface area (Å²) in [5.74, 6) is -0.494. The molecule has 38 heavy (non-hydrogen) atoms. The molecule has 10 nitrogen and oxygen atoms in total. The van der Waals surface area contributed by atoms with Crippen LogP contribution in [0, 0.1) is 0 Å². The van der Waals surface area contributed by atoms with E-state index in [0.29, 0.717) is 35.2 Å². The third-order valence-electron chi connectivity index (χ3n) is 6.01. The number of aromatic nitrogens is 2. The first-order chi connectivity index (χ1) is 17.8. The fraction of sp³-hybridized carbons (Fsp3) is 0.429. The van der Waals surface area contributed by atoms with Crippen molar-refractivity contribution in [3.63, 3.8) is 0 Å². The maximum atomic E-state index is 13.2. The average molecular weight is 524 g/mol. The predicted octanol–water partition coefficient (Wildman–Crippen LogP) is 4.32. The second-order valence-corrected chi connectivity index (χ2v) is 10.9. The maximum Gasteiger partial charge on any atom is 0.420 e. The molecule has 1 aliphatic heterocycles. The van der Waals surface area contributed by atoms with Gasteiger partial charge in [-0.3, -0.25) is 4.79 Å². The number of nitrogens with zero attached hydrogens (tertiary/aromatic N) is 2. The van der Waals surface area contributed by atoms with Crippen molar-refractivity contribution in [3.8, 4) is 17.2 Å². The molecule has 1 aliphatic rings. The lowest BCUT2D eigenvalue weighted by Gasteiger charge is -2.34. The van der Waals surface area contributed by atoms with Crippen molar-refractivity contribution < 1.29 is 33.3 Å². The summed E-state index contributed by atoms with van der Waals surface area (Å²) in [5.41, 5.74) is 6.13. The molecule has 0 bridgehead atoms. The minimum Gasteiger partial charge on any atom is -0.487 e. The van der Waals surface area contributed by atoms with E-state index in [2.05, 4.69) is 4.98 Å². The largest absolute Gasteiger partial charge is 0.487 e. The summed E-state index contributed by atoms with van der Waals surface area (Å²) in [5, 5.41) is 1.27. The minimum absolute atomic E-state index is 0.0405. The van der Waals surface area contributed by atoms with E-state index < -0.39 is 35.3 Å². The lowest BCUT2D eigenvalue weighted by atomic mass is 9.91. The zero-order valence-corrected chi connectivity index (χ0v) is 22.5. The van der Waals surface area contributed by atoms with Crippen LogP contribution in [0.1, 0.15) is 59.2 Å². The van der Waals surface area contributed by atoms with E-state index in [-0.39, 0.29) is 17.9 Å². The number of nitrogens with two attached hydrogens (primary N) is 1. The molecule has 2 heterocycles. The Kier molecular flexibility index (Phi) is 7.20. The van der Waals surface area contributed by atoms with E-state index in [1.165, 1.54) is 24.0 Å². The number of imidazole rings is 1. The molecule has 0 saturated carbocycles. The van der Waals surface area contributed by atoms with Crippen LogP contribution in [-0.4, -0.2) is 44.8 Å². The van der Waals surface area contributed by atoms with Gasteiger partial charge >= 0.3 is 18.0 Å². The lowest BCUT2D eigenvalue weighted by molar-refractivity contribution is -0.137. The number of carbonyl (C=O) groups is 3. The Morgan fingerprint density at radius 1 is 1.13 bits per heavy atom. The Morgan fingerprint density at radius 2 is 1.82 bits per heavy atom. The zero-order valence-electron chi connectivity index (χ0n) is 22.5. The van der Waals surface area contributed by atoms with Crippen molar-refractivity contribution in [2.45, 2.75) is 78.0 Å². The minimum atomic E-state index is -1.15. The molecule has 0 radical (unpaired) electrons. The molecule has 2 aromatic carbocycles. The van der Waals surface area contributed by atoms with Crippen LogP contribution in [-0.2, 0) is 27.2 Å². The quantitative estimate of drug-likeness (QED) is 0.383. The molecule has 202 valence electrons. The first-order valence-corrected chi connectivity index (χ1v) is 12.4. The highest BCUT2D eigenvalue weighted by molar-refractivity contribution is 6.00. The van der Waals surface area contributed by atoms with Crippen LogP contribution in [0.3, 0.4) is 0 Å². The molecule has 0 saturated heterocycles. The lowest BCUT2D eigenvalue weighted by Crippen LogP contribution is -2.38. The molecule has 2 N–H and O–H groups in total. The zero-order chi connectivity index (χ0) is 27.8. The smallest absolute Gasteiger partial charge is 0.420 e. The fourth-order valence-corrected chi connectivity index (χ4v) is 4.29. The molecule has 10 heteroatoms. The number of esters is 2. The van der Waals surface area contributed by atoms with Gasteiger partial charge in [-0.2, -0.15) is 0 Å². The molecule has 0 fully saturated rings. The van der Waals surface area contributed by atoms with Crippen molar-refractivity contribution in [3.05, 3.63) is 48.0 Å². The number of ether oxygens (including phenoxy) is 4. The van der Waals surface area contributed by atoms with Crippen LogP contribution in [0.2, 0.25) is 0 Å². The monoisotopic (exact) mass is 523 g/mol. The Balaban J connectivity index is 1.68. The van der Waals surface area contributed by atoms with E-state index in [4.69, 9.17) is 24.7 Å². The first kappa shape index (κ1) is 27.1. The van der Waals surface area contributed by atoms with Crippen molar-refractivity contribution in [2.24, 2.45) is 5.73 Å². The van der Waals surface area contributed by atoms with Crippen LogP contribution in [0.25, 0.3) is 10.8 Å². The standard InChI is InChI=1S/C28H33N3O7/c1-16(32)35-24-20-11-12-28(5,6)37-22(20)18-9-7-8-10-19(18)23(24)36-25(33)21(29)13-17-14-30-15-31(17)26(34)38-27(2,3)4/h7-10,14-15,21H,11-13,29H2,1-6H3. The van der Waals surface area contributed by atoms with E-state index in [9.17, 15) is 14.4 Å². The molecular formula is C28H33N3O7. The van der Waals surface area contributed by atoms with Gasteiger partial charge in [0.25, 0.3) is 0 Å². The Bertz CT molecular complexity index is 1400. The normalized spacial score (nSPS) is 15.2. The third kappa shape index (κ3) is 5.80. The van der Waals surface area contributed by atoms with E-state index in [1.54, 1.807) is 32.9 Å². The van der Waals surface area contributed by atoms with E-state index in [0.717, 1.165) is 5.39 Å². The van der Waals surface area contributed by atoms with Gasteiger partial charge in [0.15, 0.2) is 11.5 Å². The molecule has 1 aromatic heterocycles. The van der Waals surface area contributed by atoms with Gasteiger partial charge < -0.3 is 24.7 Å². The van der Waals surface area contributed by atoms with Gasteiger partial charge in [-0.05, 0) is 47.5 Å². The predicted molar refractivity (Wildman–Crippen MR) is 139 cm³/mol. The summed E-state index contributed by atoms with van der Waals surface area (Å²) >= 11 is 0. The van der Waals surface area contributed by atoms with Crippen molar-refractivity contribution in [2.75, 3.05) is 0 Å².